The Kier molecular flexibility index (Phi) is 4.06. The van der Waals surface area contributed by atoms with E-state index in [-0.39, 0.29) is 0 Å². The van der Waals surface area contributed by atoms with Gasteiger partial charge in [-0.05, 0) is 32.4 Å². The molecule has 1 aromatic carbocycles. The maximum atomic E-state index is 9.90. The van der Waals surface area contributed by atoms with Crippen molar-refractivity contribution in [1.82, 2.24) is 4.90 Å². The SMILES string of the molecule is CCN(Cc1cc(C)ccc1O)C1CCCC1. The van der Waals surface area contributed by atoms with E-state index in [1.807, 2.05) is 12.1 Å². The molecule has 0 spiro atoms. The standard InChI is InChI=1S/C15H23NO/c1-3-16(14-6-4-5-7-14)11-13-10-12(2)8-9-15(13)17/h8-10,14,17H,3-7,11H2,1-2H3. The first-order valence-electron chi connectivity index (χ1n) is 6.73. The summed E-state index contributed by atoms with van der Waals surface area (Å²) >= 11 is 0. The van der Waals surface area contributed by atoms with E-state index >= 15 is 0 Å². The lowest BCUT2D eigenvalue weighted by Crippen LogP contribution is -2.32. The number of phenolic OH excluding ortho intramolecular Hbond substituents is 1. The average molecular weight is 233 g/mol. The van der Waals surface area contributed by atoms with Gasteiger partial charge < -0.3 is 5.11 Å². The van der Waals surface area contributed by atoms with Gasteiger partial charge in [0, 0.05) is 18.2 Å². The molecule has 2 heteroatoms. The average Bonchev–Trinajstić information content (AvgIpc) is 2.84. The van der Waals surface area contributed by atoms with E-state index in [9.17, 15) is 5.11 Å². The zero-order valence-corrected chi connectivity index (χ0v) is 10.9. The molecule has 1 aromatic rings. The van der Waals surface area contributed by atoms with E-state index < -0.39 is 0 Å². The lowest BCUT2D eigenvalue weighted by atomic mass is 10.1. The third-order valence-corrected chi connectivity index (χ3v) is 3.86. The summed E-state index contributed by atoms with van der Waals surface area (Å²) in [6.07, 6.45) is 5.36. The van der Waals surface area contributed by atoms with E-state index in [0.29, 0.717) is 5.75 Å². The van der Waals surface area contributed by atoms with Crippen molar-refractivity contribution in [3.63, 3.8) is 0 Å². The van der Waals surface area contributed by atoms with Crippen LogP contribution in [-0.4, -0.2) is 22.6 Å². The molecule has 0 aliphatic heterocycles. The largest absolute Gasteiger partial charge is 0.508 e. The number of hydrogen-bond donors (Lipinski definition) is 1. The smallest absolute Gasteiger partial charge is 0.120 e. The Morgan fingerprint density at radius 1 is 1.29 bits per heavy atom. The Balaban J connectivity index is 2.09. The summed E-state index contributed by atoms with van der Waals surface area (Å²) in [5.74, 6) is 0.437. The summed E-state index contributed by atoms with van der Waals surface area (Å²) in [6, 6.07) is 6.60. The van der Waals surface area contributed by atoms with Gasteiger partial charge in [0.15, 0.2) is 0 Å². The van der Waals surface area contributed by atoms with Crippen LogP contribution in [0.1, 0.15) is 43.7 Å². The quantitative estimate of drug-likeness (QED) is 0.860. The normalized spacial score (nSPS) is 16.9. The fourth-order valence-corrected chi connectivity index (χ4v) is 2.83. The maximum Gasteiger partial charge on any atom is 0.120 e. The van der Waals surface area contributed by atoms with Gasteiger partial charge in [-0.2, -0.15) is 0 Å². The second kappa shape index (κ2) is 5.54. The number of hydrogen-bond acceptors (Lipinski definition) is 2. The molecule has 0 saturated heterocycles. The van der Waals surface area contributed by atoms with Crippen LogP contribution in [0, 0.1) is 6.92 Å². The van der Waals surface area contributed by atoms with Crippen molar-refractivity contribution < 1.29 is 5.11 Å². The van der Waals surface area contributed by atoms with Crippen LogP contribution in [0.25, 0.3) is 0 Å². The van der Waals surface area contributed by atoms with Gasteiger partial charge in [0.1, 0.15) is 5.75 Å². The third-order valence-electron chi connectivity index (χ3n) is 3.86. The molecule has 2 nitrogen and oxygen atoms in total. The van der Waals surface area contributed by atoms with Crippen LogP contribution in [-0.2, 0) is 6.54 Å². The van der Waals surface area contributed by atoms with Crippen molar-refractivity contribution >= 4 is 0 Å². The summed E-state index contributed by atoms with van der Waals surface area (Å²) in [4.78, 5) is 2.50. The highest BCUT2D eigenvalue weighted by Crippen LogP contribution is 2.27. The van der Waals surface area contributed by atoms with Crippen molar-refractivity contribution in [3.05, 3.63) is 29.3 Å². The van der Waals surface area contributed by atoms with Crippen LogP contribution in [0.15, 0.2) is 18.2 Å². The molecule has 0 heterocycles. The Hall–Kier alpha value is -1.02. The van der Waals surface area contributed by atoms with E-state index in [1.165, 1.54) is 31.2 Å². The Labute approximate surface area is 104 Å². The van der Waals surface area contributed by atoms with Gasteiger partial charge in [0.25, 0.3) is 0 Å². The topological polar surface area (TPSA) is 23.5 Å². The molecule has 0 bridgehead atoms. The minimum atomic E-state index is 0.437. The molecule has 1 aliphatic carbocycles. The third kappa shape index (κ3) is 3.01. The summed E-state index contributed by atoms with van der Waals surface area (Å²) in [5.41, 5.74) is 2.29. The van der Waals surface area contributed by atoms with Crippen LogP contribution < -0.4 is 0 Å². The summed E-state index contributed by atoms with van der Waals surface area (Å²) < 4.78 is 0. The number of aryl methyl sites for hydroxylation is 1. The number of aromatic hydroxyl groups is 1. The number of rotatable bonds is 4. The number of nitrogens with zero attached hydrogens (tertiary/aromatic N) is 1. The molecule has 1 aliphatic rings. The Morgan fingerprint density at radius 2 is 2.00 bits per heavy atom. The van der Waals surface area contributed by atoms with Gasteiger partial charge >= 0.3 is 0 Å². The van der Waals surface area contributed by atoms with Crippen molar-refractivity contribution in [2.45, 2.75) is 52.1 Å². The molecular weight excluding hydrogens is 210 g/mol. The Bertz CT molecular complexity index is 369. The highest BCUT2D eigenvalue weighted by atomic mass is 16.3. The van der Waals surface area contributed by atoms with E-state index in [1.54, 1.807) is 0 Å². The first-order chi connectivity index (χ1) is 8.20. The van der Waals surface area contributed by atoms with Crippen LogP contribution in [0.5, 0.6) is 5.75 Å². The van der Waals surface area contributed by atoms with E-state index in [2.05, 4.69) is 24.8 Å². The Morgan fingerprint density at radius 3 is 2.65 bits per heavy atom. The molecule has 2 rings (SSSR count). The van der Waals surface area contributed by atoms with Gasteiger partial charge in [0.05, 0.1) is 0 Å². The first-order valence-corrected chi connectivity index (χ1v) is 6.73. The van der Waals surface area contributed by atoms with Gasteiger partial charge in [0.2, 0.25) is 0 Å². The zero-order chi connectivity index (χ0) is 12.3. The molecule has 0 aromatic heterocycles. The highest BCUT2D eigenvalue weighted by Gasteiger charge is 2.21. The second-order valence-electron chi connectivity index (χ2n) is 5.13. The molecule has 94 valence electrons. The number of phenols is 1. The number of benzene rings is 1. The predicted molar refractivity (Wildman–Crippen MR) is 71.2 cm³/mol. The minimum absolute atomic E-state index is 0.437. The lowest BCUT2D eigenvalue weighted by Gasteiger charge is -2.27. The van der Waals surface area contributed by atoms with Crippen LogP contribution in [0.2, 0.25) is 0 Å². The zero-order valence-electron chi connectivity index (χ0n) is 10.9. The molecule has 1 N–H and O–H groups in total. The maximum absolute atomic E-state index is 9.90. The molecule has 1 saturated carbocycles. The van der Waals surface area contributed by atoms with Crippen molar-refractivity contribution in [2.24, 2.45) is 0 Å². The fourth-order valence-electron chi connectivity index (χ4n) is 2.83. The predicted octanol–water partition coefficient (Wildman–Crippen LogP) is 3.47. The molecule has 0 unspecified atom stereocenters. The molecule has 1 fully saturated rings. The molecule has 0 amide bonds. The summed E-state index contributed by atoms with van der Waals surface area (Å²) in [5, 5.41) is 9.90. The van der Waals surface area contributed by atoms with Gasteiger partial charge in [-0.25, -0.2) is 0 Å². The summed E-state index contributed by atoms with van der Waals surface area (Å²) in [7, 11) is 0. The molecule has 17 heavy (non-hydrogen) atoms. The van der Waals surface area contributed by atoms with Gasteiger partial charge in [-0.3, -0.25) is 4.90 Å². The molecule has 0 radical (unpaired) electrons. The highest BCUT2D eigenvalue weighted by molar-refractivity contribution is 5.35. The van der Waals surface area contributed by atoms with Crippen LogP contribution in [0.3, 0.4) is 0 Å². The van der Waals surface area contributed by atoms with Crippen molar-refractivity contribution in [2.75, 3.05) is 6.54 Å². The molecule has 0 atom stereocenters. The van der Waals surface area contributed by atoms with Crippen LogP contribution in [0.4, 0.5) is 0 Å². The summed E-state index contributed by atoms with van der Waals surface area (Å²) in [6.45, 7) is 6.24. The minimum Gasteiger partial charge on any atom is -0.508 e. The van der Waals surface area contributed by atoms with E-state index in [0.717, 1.165) is 24.7 Å². The van der Waals surface area contributed by atoms with Gasteiger partial charge in [-0.15, -0.1) is 0 Å². The monoisotopic (exact) mass is 233 g/mol. The first kappa shape index (κ1) is 12.4. The van der Waals surface area contributed by atoms with Crippen LogP contribution >= 0.6 is 0 Å². The van der Waals surface area contributed by atoms with E-state index in [4.69, 9.17) is 0 Å². The lowest BCUT2D eigenvalue weighted by molar-refractivity contribution is 0.198. The van der Waals surface area contributed by atoms with Gasteiger partial charge in [-0.1, -0.05) is 37.5 Å². The second-order valence-corrected chi connectivity index (χ2v) is 5.13. The van der Waals surface area contributed by atoms with Crippen molar-refractivity contribution in [3.8, 4) is 5.75 Å². The fraction of sp³-hybridized carbons (Fsp3) is 0.600. The van der Waals surface area contributed by atoms with Crippen molar-refractivity contribution in [1.29, 1.82) is 0 Å². The molecular formula is C15H23NO.